The number of para-hydroxylation sites is 2. The van der Waals surface area contributed by atoms with Crippen LogP contribution in [0.4, 0.5) is 5.82 Å². The molecule has 4 aromatic rings. The molecule has 2 aliphatic rings. The number of benzene rings is 3. The first-order chi connectivity index (χ1) is 19.3. The van der Waals surface area contributed by atoms with Crippen molar-refractivity contribution in [1.29, 1.82) is 0 Å². The van der Waals surface area contributed by atoms with Gasteiger partial charge in [0.15, 0.2) is 5.82 Å². The van der Waals surface area contributed by atoms with Gasteiger partial charge in [-0.3, -0.25) is 9.69 Å². The first kappa shape index (κ1) is 25.8. The van der Waals surface area contributed by atoms with E-state index in [0.29, 0.717) is 5.75 Å². The smallest absolute Gasteiger partial charge is 0.233 e. The predicted molar refractivity (Wildman–Crippen MR) is 159 cm³/mol. The summed E-state index contributed by atoms with van der Waals surface area (Å²) in [4.78, 5) is 30.2. The fourth-order valence-electron chi connectivity index (χ4n) is 5.72. The summed E-state index contributed by atoms with van der Waals surface area (Å²) in [6, 6.07) is 29.6. The van der Waals surface area contributed by atoms with E-state index in [-0.39, 0.29) is 11.9 Å². The average Bonchev–Trinajstić information content (AvgIpc) is 3.01. The second kappa shape index (κ2) is 12.2. The van der Waals surface area contributed by atoms with Gasteiger partial charge >= 0.3 is 0 Å². The van der Waals surface area contributed by atoms with Gasteiger partial charge in [0.1, 0.15) is 5.03 Å². The Morgan fingerprint density at radius 1 is 0.692 bits per heavy atom. The van der Waals surface area contributed by atoms with Gasteiger partial charge in [0.2, 0.25) is 5.91 Å². The lowest BCUT2D eigenvalue weighted by molar-refractivity contribution is -0.130. The number of aromatic nitrogens is 2. The van der Waals surface area contributed by atoms with E-state index in [1.807, 2.05) is 29.2 Å². The monoisotopic (exact) mass is 537 g/mol. The van der Waals surface area contributed by atoms with Crippen LogP contribution in [0.5, 0.6) is 0 Å². The number of hydrogen-bond donors (Lipinski definition) is 0. The van der Waals surface area contributed by atoms with Crippen molar-refractivity contribution in [1.82, 2.24) is 19.8 Å². The van der Waals surface area contributed by atoms with Crippen molar-refractivity contribution in [2.75, 3.05) is 49.9 Å². The van der Waals surface area contributed by atoms with Crippen molar-refractivity contribution >= 4 is 34.5 Å². The van der Waals surface area contributed by atoms with Gasteiger partial charge < -0.3 is 9.80 Å². The number of amides is 1. The van der Waals surface area contributed by atoms with Gasteiger partial charge in [0.25, 0.3) is 0 Å². The van der Waals surface area contributed by atoms with E-state index < -0.39 is 0 Å². The normalized spacial score (nSPS) is 16.6. The third kappa shape index (κ3) is 5.94. The van der Waals surface area contributed by atoms with E-state index in [9.17, 15) is 4.79 Å². The van der Waals surface area contributed by atoms with Crippen molar-refractivity contribution in [2.24, 2.45) is 0 Å². The highest BCUT2D eigenvalue weighted by Gasteiger charge is 2.28. The molecule has 0 unspecified atom stereocenters. The topological polar surface area (TPSA) is 52.6 Å². The first-order valence-corrected chi connectivity index (χ1v) is 15.0. The highest BCUT2D eigenvalue weighted by atomic mass is 32.2. The van der Waals surface area contributed by atoms with Gasteiger partial charge in [0.05, 0.1) is 22.8 Å². The van der Waals surface area contributed by atoms with Crippen LogP contribution in [0.2, 0.25) is 0 Å². The standard InChI is InChI=1S/C32H35N5OS/c38-29(24-39-32-31(37-18-10-3-11-19-37)33-27-16-8-9-17-28(27)34-32)35-20-22-36(23-21-35)30(25-12-4-1-5-13-25)26-14-6-2-7-15-26/h1-2,4-9,12-17,30H,3,10-11,18-24H2. The number of piperazine rings is 1. The van der Waals surface area contributed by atoms with Crippen molar-refractivity contribution in [3.05, 3.63) is 96.1 Å². The van der Waals surface area contributed by atoms with Crippen LogP contribution < -0.4 is 4.90 Å². The quantitative estimate of drug-likeness (QED) is 0.284. The van der Waals surface area contributed by atoms with Crippen molar-refractivity contribution in [2.45, 2.75) is 30.3 Å². The highest BCUT2D eigenvalue weighted by Crippen LogP contribution is 2.32. The minimum atomic E-state index is 0.176. The van der Waals surface area contributed by atoms with Crippen LogP contribution in [-0.4, -0.2) is 70.7 Å². The van der Waals surface area contributed by atoms with Crippen LogP contribution in [0.3, 0.4) is 0 Å². The number of piperidine rings is 1. The molecule has 6 nitrogen and oxygen atoms in total. The molecule has 2 aliphatic heterocycles. The van der Waals surface area contributed by atoms with Crippen molar-refractivity contribution < 1.29 is 4.79 Å². The van der Waals surface area contributed by atoms with Gasteiger partial charge in [-0.15, -0.1) is 0 Å². The minimum absolute atomic E-state index is 0.176. The van der Waals surface area contributed by atoms with Crippen LogP contribution in [0.15, 0.2) is 90.0 Å². The Morgan fingerprint density at radius 2 is 1.26 bits per heavy atom. The maximum atomic E-state index is 13.4. The Labute approximate surface area is 235 Å². The summed E-state index contributed by atoms with van der Waals surface area (Å²) in [5.74, 6) is 1.49. The summed E-state index contributed by atoms with van der Waals surface area (Å²) in [5, 5.41) is 0.871. The molecule has 3 aromatic carbocycles. The van der Waals surface area contributed by atoms with Crippen LogP contribution in [0, 0.1) is 0 Å². The molecule has 1 amide bonds. The number of anilines is 1. The lowest BCUT2D eigenvalue weighted by Crippen LogP contribution is -2.50. The molecule has 2 fully saturated rings. The van der Waals surface area contributed by atoms with Crippen LogP contribution in [0.1, 0.15) is 36.4 Å². The third-order valence-electron chi connectivity index (χ3n) is 7.77. The molecular formula is C32H35N5OS. The zero-order valence-electron chi connectivity index (χ0n) is 22.3. The molecule has 39 heavy (non-hydrogen) atoms. The number of carbonyl (C=O) groups is 1. The summed E-state index contributed by atoms with van der Waals surface area (Å²) >= 11 is 1.54. The van der Waals surface area contributed by atoms with Gasteiger partial charge in [0, 0.05) is 39.3 Å². The third-order valence-corrected chi connectivity index (χ3v) is 8.71. The lowest BCUT2D eigenvalue weighted by Gasteiger charge is -2.39. The predicted octanol–water partition coefficient (Wildman–Crippen LogP) is 5.65. The van der Waals surface area contributed by atoms with E-state index in [1.165, 1.54) is 42.2 Å². The summed E-state index contributed by atoms with van der Waals surface area (Å²) in [6.07, 6.45) is 3.61. The van der Waals surface area contributed by atoms with E-state index in [4.69, 9.17) is 9.97 Å². The Kier molecular flexibility index (Phi) is 8.07. The maximum Gasteiger partial charge on any atom is 0.233 e. The molecule has 0 aliphatic carbocycles. The minimum Gasteiger partial charge on any atom is -0.354 e. The summed E-state index contributed by atoms with van der Waals surface area (Å²) in [6.45, 7) is 5.16. The molecule has 0 atom stereocenters. The van der Waals surface area contributed by atoms with Gasteiger partial charge in [-0.05, 0) is 42.5 Å². The lowest BCUT2D eigenvalue weighted by atomic mass is 9.96. The Morgan fingerprint density at radius 3 is 1.87 bits per heavy atom. The summed E-state index contributed by atoms with van der Waals surface area (Å²) in [5.41, 5.74) is 4.38. The van der Waals surface area contributed by atoms with E-state index >= 15 is 0 Å². The van der Waals surface area contributed by atoms with Crippen molar-refractivity contribution in [3.63, 3.8) is 0 Å². The second-order valence-corrected chi connectivity index (χ2v) is 11.3. The first-order valence-electron chi connectivity index (χ1n) is 14.0. The molecule has 200 valence electrons. The molecule has 7 heteroatoms. The number of hydrogen-bond acceptors (Lipinski definition) is 6. The molecule has 0 N–H and O–H groups in total. The maximum absolute atomic E-state index is 13.4. The zero-order chi connectivity index (χ0) is 26.4. The SMILES string of the molecule is O=C(CSc1nc2ccccc2nc1N1CCCCC1)N1CCN(C(c2ccccc2)c2ccccc2)CC1. The van der Waals surface area contributed by atoms with Crippen LogP contribution in [-0.2, 0) is 4.79 Å². The van der Waals surface area contributed by atoms with Gasteiger partial charge in [-0.25, -0.2) is 9.97 Å². The van der Waals surface area contributed by atoms with E-state index in [0.717, 1.165) is 61.1 Å². The fourth-order valence-corrected chi connectivity index (χ4v) is 6.63. The fraction of sp³-hybridized carbons (Fsp3) is 0.344. The molecule has 0 saturated carbocycles. The molecule has 3 heterocycles. The number of rotatable bonds is 7. The molecule has 6 rings (SSSR count). The molecular weight excluding hydrogens is 502 g/mol. The highest BCUT2D eigenvalue weighted by molar-refractivity contribution is 8.00. The number of nitrogens with zero attached hydrogens (tertiary/aromatic N) is 5. The Balaban J connectivity index is 1.13. The largest absolute Gasteiger partial charge is 0.354 e. The number of thioether (sulfide) groups is 1. The molecule has 2 saturated heterocycles. The zero-order valence-corrected chi connectivity index (χ0v) is 23.1. The summed E-state index contributed by atoms with van der Waals surface area (Å²) in [7, 11) is 0. The van der Waals surface area contributed by atoms with Gasteiger partial charge in [-0.2, -0.15) is 0 Å². The van der Waals surface area contributed by atoms with Crippen LogP contribution in [0.25, 0.3) is 11.0 Å². The van der Waals surface area contributed by atoms with Crippen LogP contribution >= 0.6 is 11.8 Å². The van der Waals surface area contributed by atoms with E-state index in [2.05, 4.69) is 70.5 Å². The number of fused-ring (bicyclic) bond motifs is 1. The molecule has 1 aromatic heterocycles. The van der Waals surface area contributed by atoms with Crippen molar-refractivity contribution in [3.8, 4) is 0 Å². The molecule has 0 bridgehead atoms. The van der Waals surface area contributed by atoms with Gasteiger partial charge in [-0.1, -0.05) is 84.6 Å². The number of carbonyl (C=O) groups excluding carboxylic acids is 1. The van der Waals surface area contributed by atoms with E-state index in [1.54, 1.807) is 0 Å². The molecule has 0 radical (unpaired) electrons. The Hall–Kier alpha value is -3.42. The second-order valence-electron chi connectivity index (χ2n) is 10.3. The Bertz CT molecular complexity index is 1350. The average molecular weight is 538 g/mol. The summed E-state index contributed by atoms with van der Waals surface area (Å²) < 4.78 is 0. The molecule has 0 spiro atoms.